The Morgan fingerprint density at radius 2 is 1.92 bits per heavy atom. The molecule has 0 aliphatic carbocycles. The van der Waals surface area contributed by atoms with Crippen LogP contribution >= 0.6 is 23.2 Å². The summed E-state index contributed by atoms with van der Waals surface area (Å²) in [6.07, 6.45) is 0.156. The van der Waals surface area contributed by atoms with Gasteiger partial charge in [0.2, 0.25) is 11.8 Å². The van der Waals surface area contributed by atoms with E-state index in [1.165, 1.54) is 7.11 Å². The Bertz CT molecular complexity index is 808. The van der Waals surface area contributed by atoms with Gasteiger partial charge in [0, 0.05) is 29.4 Å². The fourth-order valence-electron chi connectivity index (χ4n) is 2.73. The summed E-state index contributed by atoms with van der Waals surface area (Å²) in [5, 5.41) is 3.82. The summed E-state index contributed by atoms with van der Waals surface area (Å²) >= 11 is 12.0. The smallest absolute Gasteiger partial charge is 0.229 e. The molecule has 1 atom stereocenters. The molecule has 7 heteroatoms. The highest BCUT2D eigenvalue weighted by Crippen LogP contribution is 2.32. The van der Waals surface area contributed by atoms with Crippen molar-refractivity contribution in [2.24, 2.45) is 5.92 Å². The van der Waals surface area contributed by atoms with E-state index < -0.39 is 5.92 Å². The SMILES string of the molecule is COc1ccc(N2CC(C(=O)Nc3ccc(Cl)cc3)CC2=O)cc1Cl. The van der Waals surface area contributed by atoms with Gasteiger partial charge in [-0.2, -0.15) is 0 Å². The molecule has 1 aliphatic rings. The van der Waals surface area contributed by atoms with Crippen molar-refractivity contribution in [3.63, 3.8) is 0 Å². The molecule has 1 fully saturated rings. The average Bonchev–Trinajstić information content (AvgIpc) is 2.99. The van der Waals surface area contributed by atoms with E-state index in [1.807, 2.05) is 0 Å². The van der Waals surface area contributed by atoms with Crippen LogP contribution in [-0.4, -0.2) is 25.5 Å². The number of benzene rings is 2. The highest BCUT2D eigenvalue weighted by molar-refractivity contribution is 6.32. The molecule has 0 radical (unpaired) electrons. The van der Waals surface area contributed by atoms with Gasteiger partial charge in [-0.25, -0.2) is 0 Å². The molecule has 2 aromatic rings. The van der Waals surface area contributed by atoms with Gasteiger partial charge in [-0.1, -0.05) is 23.2 Å². The molecule has 1 aliphatic heterocycles. The molecule has 0 bridgehead atoms. The van der Waals surface area contributed by atoms with Crippen LogP contribution in [0.4, 0.5) is 11.4 Å². The second kappa shape index (κ2) is 7.33. The van der Waals surface area contributed by atoms with E-state index >= 15 is 0 Å². The maximum absolute atomic E-state index is 12.4. The number of anilines is 2. The van der Waals surface area contributed by atoms with Crippen LogP contribution in [0.15, 0.2) is 42.5 Å². The molecule has 1 unspecified atom stereocenters. The molecule has 0 saturated carbocycles. The number of rotatable bonds is 4. The highest BCUT2D eigenvalue weighted by Gasteiger charge is 2.35. The molecule has 2 amide bonds. The Labute approximate surface area is 155 Å². The summed E-state index contributed by atoms with van der Waals surface area (Å²) in [4.78, 5) is 26.3. The van der Waals surface area contributed by atoms with Gasteiger partial charge < -0.3 is 15.0 Å². The Morgan fingerprint density at radius 1 is 1.20 bits per heavy atom. The lowest BCUT2D eigenvalue weighted by Gasteiger charge is -2.18. The van der Waals surface area contributed by atoms with Gasteiger partial charge in [-0.3, -0.25) is 9.59 Å². The first-order valence-corrected chi connectivity index (χ1v) is 8.44. The van der Waals surface area contributed by atoms with Gasteiger partial charge in [0.1, 0.15) is 5.75 Å². The van der Waals surface area contributed by atoms with E-state index in [0.29, 0.717) is 33.7 Å². The fourth-order valence-corrected chi connectivity index (χ4v) is 3.11. The molecule has 1 heterocycles. The first-order chi connectivity index (χ1) is 12.0. The fraction of sp³-hybridized carbons (Fsp3) is 0.222. The third-order valence-corrected chi connectivity index (χ3v) is 4.60. The molecule has 0 spiro atoms. The zero-order valence-corrected chi connectivity index (χ0v) is 15.0. The lowest BCUT2D eigenvalue weighted by atomic mass is 10.1. The molecule has 2 aromatic carbocycles. The molecule has 0 aromatic heterocycles. The lowest BCUT2D eigenvalue weighted by molar-refractivity contribution is -0.122. The van der Waals surface area contributed by atoms with Gasteiger partial charge in [0.15, 0.2) is 0 Å². The summed E-state index contributed by atoms with van der Waals surface area (Å²) in [6.45, 7) is 0.306. The Hall–Kier alpha value is -2.24. The number of carbonyl (C=O) groups is 2. The predicted molar refractivity (Wildman–Crippen MR) is 98.5 cm³/mol. The monoisotopic (exact) mass is 378 g/mol. The van der Waals surface area contributed by atoms with Crippen LogP contribution < -0.4 is 15.0 Å². The van der Waals surface area contributed by atoms with Gasteiger partial charge in [0.05, 0.1) is 18.1 Å². The molecular formula is C18H16Cl2N2O3. The normalized spacial score (nSPS) is 16.8. The molecule has 5 nitrogen and oxygen atoms in total. The van der Waals surface area contributed by atoms with E-state index in [-0.39, 0.29) is 18.2 Å². The molecule has 130 valence electrons. The standard InChI is InChI=1S/C18H16Cl2N2O3/c1-25-16-7-6-14(9-15(16)20)22-10-11(8-17(22)23)18(24)21-13-4-2-12(19)3-5-13/h2-7,9,11H,8,10H2,1H3,(H,21,24). The predicted octanol–water partition coefficient (Wildman–Crippen LogP) is 3.99. The van der Waals surface area contributed by atoms with Crippen molar-refractivity contribution in [1.29, 1.82) is 0 Å². The number of hydrogen-bond acceptors (Lipinski definition) is 3. The number of methoxy groups -OCH3 is 1. The minimum Gasteiger partial charge on any atom is -0.495 e. The van der Waals surface area contributed by atoms with Gasteiger partial charge >= 0.3 is 0 Å². The Balaban J connectivity index is 1.70. The van der Waals surface area contributed by atoms with Crippen molar-refractivity contribution in [1.82, 2.24) is 0 Å². The van der Waals surface area contributed by atoms with Crippen molar-refractivity contribution in [3.8, 4) is 5.75 Å². The number of nitrogens with zero attached hydrogens (tertiary/aromatic N) is 1. The lowest BCUT2D eigenvalue weighted by Crippen LogP contribution is -2.28. The van der Waals surface area contributed by atoms with Crippen LogP contribution in [0.1, 0.15) is 6.42 Å². The second-order valence-corrected chi connectivity index (χ2v) is 6.56. The number of amides is 2. The van der Waals surface area contributed by atoms with Crippen molar-refractivity contribution in [2.45, 2.75) is 6.42 Å². The zero-order chi connectivity index (χ0) is 18.0. The van der Waals surface area contributed by atoms with E-state index in [2.05, 4.69) is 5.32 Å². The average molecular weight is 379 g/mol. The maximum Gasteiger partial charge on any atom is 0.229 e. The van der Waals surface area contributed by atoms with Crippen LogP contribution in [0.5, 0.6) is 5.75 Å². The molecule has 1 N–H and O–H groups in total. The van der Waals surface area contributed by atoms with Crippen LogP contribution in [0.2, 0.25) is 10.0 Å². The molecule has 3 rings (SSSR count). The van der Waals surface area contributed by atoms with E-state index in [9.17, 15) is 9.59 Å². The van der Waals surface area contributed by atoms with Gasteiger partial charge in [-0.15, -0.1) is 0 Å². The minimum atomic E-state index is -0.427. The van der Waals surface area contributed by atoms with Gasteiger partial charge in [-0.05, 0) is 42.5 Å². The summed E-state index contributed by atoms with van der Waals surface area (Å²) in [5.74, 6) is -0.201. The van der Waals surface area contributed by atoms with Crippen LogP contribution in [-0.2, 0) is 9.59 Å². The summed E-state index contributed by atoms with van der Waals surface area (Å²) in [5.41, 5.74) is 1.30. The number of ether oxygens (including phenoxy) is 1. The van der Waals surface area contributed by atoms with Crippen LogP contribution in [0.3, 0.4) is 0 Å². The number of halogens is 2. The highest BCUT2D eigenvalue weighted by atomic mass is 35.5. The first kappa shape index (κ1) is 17.6. The van der Waals surface area contributed by atoms with Crippen molar-refractivity contribution in [3.05, 3.63) is 52.5 Å². The van der Waals surface area contributed by atoms with Crippen LogP contribution in [0, 0.1) is 5.92 Å². The Kier molecular flexibility index (Phi) is 5.16. The number of hydrogen-bond donors (Lipinski definition) is 1. The van der Waals surface area contributed by atoms with E-state index in [1.54, 1.807) is 47.4 Å². The third-order valence-electron chi connectivity index (χ3n) is 4.05. The topological polar surface area (TPSA) is 58.6 Å². The van der Waals surface area contributed by atoms with E-state index in [0.717, 1.165) is 0 Å². The number of carbonyl (C=O) groups excluding carboxylic acids is 2. The second-order valence-electron chi connectivity index (χ2n) is 5.72. The summed E-state index contributed by atoms with van der Waals surface area (Å²) < 4.78 is 5.11. The quantitative estimate of drug-likeness (QED) is 0.874. The van der Waals surface area contributed by atoms with E-state index in [4.69, 9.17) is 27.9 Å². The van der Waals surface area contributed by atoms with Crippen LogP contribution in [0.25, 0.3) is 0 Å². The zero-order valence-electron chi connectivity index (χ0n) is 13.5. The van der Waals surface area contributed by atoms with Crippen molar-refractivity contribution < 1.29 is 14.3 Å². The number of nitrogens with one attached hydrogen (secondary N) is 1. The van der Waals surface area contributed by atoms with Crippen molar-refractivity contribution >= 4 is 46.4 Å². The molecule has 1 saturated heterocycles. The molecular weight excluding hydrogens is 363 g/mol. The largest absolute Gasteiger partial charge is 0.495 e. The Morgan fingerprint density at radius 3 is 2.56 bits per heavy atom. The molecule has 25 heavy (non-hydrogen) atoms. The van der Waals surface area contributed by atoms with Crippen molar-refractivity contribution in [2.75, 3.05) is 23.9 Å². The summed E-state index contributed by atoms with van der Waals surface area (Å²) in [6, 6.07) is 12.0. The minimum absolute atomic E-state index is 0.113. The van der Waals surface area contributed by atoms with Gasteiger partial charge in [0.25, 0.3) is 0 Å². The third kappa shape index (κ3) is 3.89. The summed E-state index contributed by atoms with van der Waals surface area (Å²) in [7, 11) is 1.53. The maximum atomic E-state index is 12.4. The first-order valence-electron chi connectivity index (χ1n) is 7.68.